The quantitative estimate of drug-likeness (QED) is 0.803. The molecule has 6 heteroatoms. The summed E-state index contributed by atoms with van der Waals surface area (Å²) in [5, 5.41) is 9.96. The number of aliphatic hydroxyl groups is 1. The molecule has 1 aliphatic rings. The van der Waals surface area contributed by atoms with E-state index in [1.54, 1.807) is 19.1 Å². The summed E-state index contributed by atoms with van der Waals surface area (Å²) < 4.78 is 16.5. The van der Waals surface area contributed by atoms with Crippen molar-refractivity contribution in [1.82, 2.24) is 0 Å². The highest BCUT2D eigenvalue weighted by Gasteiger charge is 2.28. The molecule has 1 aromatic rings. The van der Waals surface area contributed by atoms with E-state index in [2.05, 4.69) is 15.9 Å². The zero-order valence-corrected chi connectivity index (χ0v) is 13.0. The van der Waals surface area contributed by atoms with Gasteiger partial charge in [-0.1, -0.05) is 0 Å². The number of carbonyl (C=O) groups excluding carboxylic acids is 1. The van der Waals surface area contributed by atoms with Crippen LogP contribution in [0.15, 0.2) is 16.6 Å². The first-order valence-electron chi connectivity index (χ1n) is 6.45. The van der Waals surface area contributed by atoms with Crippen LogP contribution in [-0.2, 0) is 9.53 Å². The summed E-state index contributed by atoms with van der Waals surface area (Å²) in [4.78, 5) is 11.6. The lowest BCUT2D eigenvalue weighted by molar-refractivity contribution is -0.153. The maximum absolute atomic E-state index is 11.6. The summed E-state index contributed by atoms with van der Waals surface area (Å²) in [5.74, 6) is 0.386. The van der Waals surface area contributed by atoms with E-state index in [-0.39, 0.29) is 12.7 Å². The van der Waals surface area contributed by atoms with Gasteiger partial charge in [0.05, 0.1) is 24.3 Å². The molecule has 0 heterocycles. The van der Waals surface area contributed by atoms with Gasteiger partial charge in [-0.05, 0) is 53.4 Å². The van der Waals surface area contributed by atoms with Gasteiger partial charge in [0.25, 0.3) is 0 Å². The summed E-state index contributed by atoms with van der Waals surface area (Å²) in [6, 6.07) is 3.23. The Balaban J connectivity index is 2.26. The fourth-order valence-electron chi connectivity index (χ4n) is 1.72. The van der Waals surface area contributed by atoms with Crippen LogP contribution in [0.5, 0.6) is 11.5 Å². The van der Waals surface area contributed by atoms with E-state index in [0.29, 0.717) is 21.5 Å². The third kappa shape index (κ3) is 3.43. The Bertz CT molecular complexity index is 499. The first-order valence-corrected chi connectivity index (χ1v) is 7.24. The molecule has 1 fully saturated rings. The van der Waals surface area contributed by atoms with Crippen LogP contribution in [0.1, 0.15) is 31.4 Å². The lowest BCUT2D eigenvalue weighted by atomic mass is 10.1. The first-order chi connectivity index (χ1) is 9.56. The van der Waals surface area contributed by atoms with E-state index in [9.17, 15) is 9.90 Å². The van der Waals surface area contributed by atoms with E-state index in [4.69, 9.17) is 14.2 Å². The standard InChI is InChI=1S/C14H17BrO5/c1-3-19-14(17)12(16)8-6-10(15)13(11(7-8)18-2)20-9-4-5-9/h6-7,9,12,16H,3-5H2,1-2H3. The summed E-state index contributed by atoms with van der Waals surface area (Å²) in [5.41, 5.74) is 0.398. The molecule has 1 aromatic carbocycles. The van der Waals surface area contributed by atoms with Gasteiger partial charge in [-0.3, -0.25) is 0 Å². The van der Waals surface area contributed by atoms with Crippen molar-refractivity contribution in [2.45, 2.75) is 32.0 Å². The molecule has 1 saturated carbocycles. The van der Waals surface area contributed by atoms with Crippen LogP contribution in [0, 0.1) is 0 Å². The minimum atomic E-state index is -1.34. The Kier molecular flexibility index (Phi) is 4.88. The smallest absolute Gasteiger partial charge is 0.339 e. The minimum Gasteiger partial charge on any atom is -0.493 e. The van der Waals surface area contributed by atoms with Crippen molar-refractivity contribution in [3.05, 3.63) is 22.2 Å². The molecule has 1 atom stereocenters. The van der Waals surface area contributed by atoms with Crippen molar-refractivity contribution in [3.63, 3.8) is 0 Å². The molecule has 2 rings (SSSR count). The Hall–Kier alpha value is -1.27. The summed E-state index contributed by atoms with van der Waals surface area (Å²) in [6.45, 7) is 1.91. The Labute approximate surface area is 126 Å². The van der Waals surface area contributed by atoms with Crippen LogP contribution in [0.25, 0.3) is 0 Å². The van der Waals surface area contributed by atoms with E-state index in [1.807, 2.05) is 0 Å². The van der Waals surface area contributed by atoms with Crippen LogP contribution in [0.4, 0.5) is 0 Å². The van der Waals surface area contributed by atoms with Crippen LogP contribution in [-0.4, -0.2) is 30.9 Å². The molecule has 5 nitrogen and oxygen atoms in total. The molecular weight excluding hydrogens is 328 g/mol. The summed E-state index contributed by atoms with van der Waals surface area (Å²) in [6.07, 6.45) is 0.946. The third-order valence-corrected chi connectivity index (χ3v) is 3.48. The van der Waals surface area contributed by atoms with Crippen molar-refractivity contribution in [2.75, 3.05) is 13.7 Å². The number of hydrogen-bond donors (Lipinski definition) is 1. The van der Waals surface area contributed by atoms with E-state index >= 15 is 0 Å². The van der Waals surface area contributed by atoms with Gasteiger partial charge in [0, 0.05) is 0 Å². The molecule has 1 N–H and O–H groups in total. The predicted octanol–water partition coefficient (Wildman–Crippen LogP) is 2.60. The highest BCUT2D eigenvalue weighted by Crippen LogP contribution is 2.41. The zero-order chi connectivity index (χ0) is 14.7. The maximum Gasteiger partial charge on any atom is 0.339 e. The number of benzene rings is 1. The minimum absolute atomic E-state index is 0.219. The molecule has 1 unspecified atom stereocenters. The molecule has 0 bridgehead atoms. The topological polar surface area (TPSA) is 65.0 Å². The number of hydrogen-bond acceptors (Lipinski definition) is 5. The Morgan fingerprint density at radius 2 is 2.20 bits per heavy atom. The number of halogens is 1. The summed E-state index contributed by atoms with van der Waals surface area (Å²) >= 11 is 3.38. The SMILES string of the molecule is CCOC(=O)C(O)c1cc(Br)c(OC2CC2)c(OC)c1. The van der Waals surface area contributed by atoms with Crippen LogP contribution in [0.2, 0.25) is 0 Å². The normalized spacial score (nSPS) is 15.6. The number of rotatable bonds is 6. The Morgan fingerprint density at radius 3 is 2.75 bits per heavy atom. The summed E-state index contributed by atoms with van der Waals surface area (Å²) in [7, 11) is 1.52. The molecule has 0 aromatic heterocycles. The highest BCUT2D eigenvalue weighted by atomic mass is 79.9. The second-order valence-electron chi connectivity index (χ2n) is 4.51. The van der Waals surface area contributed by atoms with Gasteiger partial charge in [0.1, 0.15) is 0 Å². The zero-order valence-electron chi connectivity index (χ0n) is 11.4. The van der Waals surface area contributed by atoms with Gasteiger partial charge < -0.3 is 19.3 Å². The number of esters is 1. The molecule has 0 spiro atoms. The van der Waals surface area contributed by atoms with E-state index < -0.39 is 12.1 Å². The predicted molar refractivity (Wildman–Crippen MR) is 75.9 cm³/mol. The largest absolute Gasteiger partial charge is 0.493 e. The Morgan fingerprint density at radius 1 is 1.50 bits per heavy atom. The van der Waals surface area contributed by atoms with Gasteiger partial charge in [-0.25, -0.2) is 4.79 Å². The first kappa shape index (κ1) is 15.1. The van der Waals surface area contributed by atoms with Crippen molar-refractivity contribution in [2.24, 2.45) is 0 Å². The number of carbonyl (C=O) groups is 1. The van der Waals surface area contributed by atoms with Gasteiger partial charge >= 0.3 is 5.97 Å². The third-order valence-electron chi connectivity index (χ3n) is 2.89. The lowest BCUT2D eigenvalue weighted by Crippen LogP contribution is -2.15. The van der Waals surface area contributed by atoms with E-state index in [1.165, 1.54) is 7.11 Å². The fourth-order valence-corrected chi connectivity index (χ4v) is 2.28. The number of methoxy groups -OCH3 is 1. The highest BCUT2D eigenvalue weighted by molar-refractivity contribution is 9.10. The molecule has 0 amide bonds. The monoisotopic (exact) mass is 344 g/mol. The number of aliphatic hydroxyl groups excluding tert-OH is 1. The van der Waals surface area contributed by atoms with Crippen molar-refractivity contribution < 1.29 is 24.1 Å². The van der Waals surface area contributed by atoms with Crippen molar-refractivity contribution in [1.29, 1.82) is 0 Å². The van der Waals surface area contributed by atoms with Crippen LogP contribution in [0.3, 0.4) is 0 Å². The van der Waals surface area contributed by atoms with Gasteiger partial charge in [-0.2, -0.15) is 0 Å². The molecule has 20 heavy (non-hydrogen) atoms. The second-order valence-corrected chi connectivity index (χ2v) is 5.36. The molecule has 0 radical (unpaired) electrons. The average Bonchev–Trinajstić information content (AvgIpc) is 3.24. The number of ether oxygens (including phenoxy) is 3. The lowest BCUT2D eigenvalue weighted by Gasteiger charge is -2.16. The van der Waals surface area contributed by atoms with Gasteiger partial charge in [0.15, 0.2) is 17.6 Å². The molecular formula is C14H17BrO5. The maximum atomic E-state index is 11.6. The molecule has 110 valence electrons. The van der Waals surface area contributed by atoms with Crippen molar-refractivity contribution >= 4 is 21.9 Å². The molecule has 0 aliphatic heterocycles. The van der Waals surface area contributed by atoms with Crippen LogP contribution < -0.4 is 9.47 Å². The van der Waals surface area contributed by atoms with E-state index in [0.717, 1.165) is 12.8 Å². The van der Waals surface area contributed by atoms with Crippen molar-refractivity contribution in [3.8, 4) is 11.5 Å². The second kappa shape index (κ2) is 6.45. The van der Waals surface area contributed by atoms with Crippen LogP contribution >= 0.6 is 15.9 Å². The molecule has 1 aliphatic carbocycles. The fraction of sp³-hybridized carbons (Fsp3) is 0.500. The average molecular weight is 345 g/mol. The van der Waals surface area contributed by atoms with Gasteiger partial charge in [-0.15, -0.1) is 0 Å². The van der Waals surface area contributed by atoms with Gasteiger partial charge in [0.2, 0.25) is 0 Å². The molecule has 0 saturated heterocycles.